The molecule has 0 rings (SSSR count). The predicted molar refractivity (Wildman–Crippen MR) is 32.5 cm³/mol. The van der Waals surface area contributed by atoms with Crippen molar-refractivity contribution in [2.75, 3.05) is 0 Å². The zero-order chi connectivity index (χ0) is 7.44. The molecule has 3 atom stereocenters. The Morgan fingerprint density at radius 1 is 1.33 bits per heavy atom. The maximum absolute atomic E-state index is 8.81. The number of aliphatic hydroxyl groups excluding tert-OH is 3. The van der Waals surface area contributed by atoms with E-state index in [9.17, 15) is 0 Å². The van der Waals surface area contributed by atoms with E-state index in [2.05, 4.69) is 0 Å². The summed E-state index contributed by atoms with van der Waals surface area (Å²) < 4.78 is 0. The first-order valence-corrected chi connectivity index (χ1v) is 2.84. The Kier molecular flexibility index (Phi) is 3.72. The van der Waals surface area contributed by atoms with Crippen molar-refractivity contribution in [2.45, 2.75) is 31.8 Å². The van der Waals surface area contributed by atoms with Crippen LogP contribution < -0.4 is 5.73 Å². The highest BCUT2D eigenvalue weighted by molar-refractivity contribution is 4.63. The first kappa shape index (κ1) is 8.84. The fourth-order valence-corrected chi connectivity index (χ4v) is 0.444. The first-order chi connectivity index (χ1) is 4.04. The Bertz CT molecular complexity index is 74.6. The van der Waals surface area contributed by atoms with Gasteiger partial charge in [0.05, 0.1) is 12.2 Å². The van der Waals surface area contributed by atoms with Gasteiger partial charge in [-0.15, -0.1) is 0 Å². The molecule has 56 valence electrons. The molecule has 0 aromatic rings. The van der Waals surface area contributed by atoms with Crippen LogP contribution in [0.5, 0.6) is 0 Å². The summed E-state index contributed by atoms with van der Waals surface area (Å²) in [5, 5.41) is 25.9. The van der Waals surface area contributed by atoms with E-state index in [1.807, 2.05) is 0 Å². The molecule has 0 aromatic carbocycles. The van der Waals surface area contributed by atoms with Crippen molar-refractivity contribution in [3.05, 3.63) is 0 Å². The average molecular weight is 135 g/mol. The summed E-state index contributed by atoms with van der Waals surface area (Å²) in [5.74, 6) is 0. The fourth-order valence-electron chi connectivity index (χ4n) is 0.444. The third-order valence-corrected chi connectivity index (χ3v) is 1.04. The lowest BCUT2D eigenvalue weighted by molar-refractivity contribution is -0.00152. The Morgan fingerprint density at radius 2 is 1.78 bits per heavy atom. The minimum atomic E-state index is -1.05. The summed E-state index contributed by atoms with van der Waals surface area (Å²) in [6.07, 6.45) is -2.79. The average Bonchev–Trinajstić information content (AvgIpc) is 1.63. The van der Waals surface area contributed by atoms with Crippen LogP contribution in [-0.2, 0) is 0 Å². The van der Waals surface area contributed by atoms with E-state index in [1.54, 1.807) is 0 Å². The molecule has 4 heteroatoms. The molecule has 3 unspecified atom stereocenters. The monoisotopic (exact) mass is 135 g/mol. The molecular weight excluding hydrogens is 122 g/mol. The van der Waals surface area contributed by atoms with Gasteiger partial charge in [-0.3, -0.25) is 0 Å². The van der Waals surface area contributed by atoms with Gasteiger partial charge in [0.15, 0.2) is 0 Å². The lowest BCUT2D eigenvalue weighted by Crippen LogP contribution is -2.31. The SMILES string of the molecule is CC(O)C(O)CC(N)O. The van der Waals surface area contributed by atoms with Crippen LogP contribution in [0, 0.1) is 0 Å². The summed E-state index contributed by atoms with van der Waals surface area (Å²) >= 11 is 0. The Morgan fingerprint density at radius 3 is 1.89 bits per heavy atom. The van der Waals surface area contributed by atoms with Gasteiger partial charge in [-0.05, 0) is 6.92 Å². The normalized spacial score (nSPS) is 21.0. The van der Waals surface area contributed by atoms with Gasteiger partial charge in [0, 0.05) is 6.42 Å². The standard InChI is InChI=1S/C5H13NO3/c1-3(7)4(8)2-5(6)9/h3-5,7-9H,2,6H2,1H3. The van der Waals surface area contributed by atoms with E-state index in [0.717, 1.165) is 0 Å². The van der Waals surface area contributed by atoms with E-state index >= 15 is 0 Å². The quantitative estimate of drug-likeness (QED) is 0.351. The summed E-state index contributed by atoms with van der Waals surface area (Å²) in [5.41, 5.74) is 4.92. The molecule has 0 aromatic heterocycles. The second kappa shape index (κ2) is 3.79. The highest BCUT2D eigenvalue weighted by Crippen LogP contribution is 1.98. The largest absolute Gasteiger partial charge is 0.391 e. The van der Waals surface area contributed by atoms with Crippen LogP contribution >= 0.6 is 0 Å². The second-order valence-corrected chi connectivity index (χ2v) is 2.11. The number of nitrogens with two attached hydrogens (primary N) is 1. The summed E-state index contributed by atoms with van der Waals surface area (Å²) in [6.45, 7) is 1.44. The topological polar surface area (TPSA) is 86.7 Å². The molecule has 0 heterocycles. The summed E-state index contributed by atoms with van der Waals surface area (Å²) in [7, 11) is 0. The van der Waals surface area contributed by atoms with Gasteiger partial charge in [0.1, 0.15) is 6.23 Å². The number of rotatable bonds is 3. The third-order valence-electron chi connectivity index (χ3n) is 1.04. The molecular formula is C5H13NO3. The smallest absolute Gasteiger partial charge is 0.105 e. The van der Waals surface area contributed by atoms with E-state index in [4.69, 9.17) is 21.1 Å². The Balaban J connectivity index is 3.38. The molecule has 4 nitrogen and oxygen atoms in total. The van der Waals surface area contributed by atoms with Crippen molar-refractivity contribution >= 4 is 0 Å². The first-order valence-electron chi connectivity index (χ1n) is 2.84. The van der Waals surface area contributed by atoms with Crippen LogP contribution in [0.15, 0.2) is 0 Å². The van der Waals surface area contributed by atoms with Crippen LogP contribution in [-0.4, -0.2) is 33.8 Å². The molecule has 0 amide bonds. The molecule has 0 saturated carbocycles. The van der Waals surface area contributed by atoms with Crippen LogP contribution in [0.25, 0.3) is 0 Å². The van der Waals surface area contributed by atoms with Gasteiger partial charge < -0.3 is 21.1 Å². The minimum absolute atomic E-state index is 0.0116. The molecule has 9 heavy (non-hydrogen) atoms. The van der Waals surface area contributed by atoms with Gasteiger partial charge in [0.25, 0.3) is 0 Å². The van der Waals surface area contributed by atoms with E-state index in [-0.39, 0.29) is 6.42 Å². The molecule has 0 aliphatic carbocycles. The van der Waals surface area contributed by atoms with Crippen molar-refractivity contribution in [3.63, 3.8) is 0 Å². The van der Waals surface area contributed by atoms with Crippen LogP contribution in [0.3, 0.4) is 0 Å². The van der Waals surface area contributed by atoms with Crippen molar-refractivity contribution in [3.8, 4) is 0 Å². The van der Waals surface area contributed by atoms with Gasteiger partial charge in [0.2, 0.25) is 0 Å². The highest BCUT2D eigenvalue weighted by Gasteiger charge is 2.12. The number of aliphatic hydroxyl groups is 3. The van der Waals surface area contributed by atoms with E-state index in [0.29, 0.717) is 0 Å². The van der Waals surface area contributed by atoms with E-state index < -0.39 is 18.4 Å². The van der Waals surface area contributed by atoms with Crippen LogP contribution in [0.2, 0.25) is 0 Å². The van der Waals surface area contributed by atoms with Crippen LogP contribution in [0.1, 0.15) is 13.3 Å². The lowest BCUT2D eigenvalue weighted by atomic mass is 10.1. The number of hydrogen-bond acceptors (Lipinski definition) is 4. The fraction of sp³-hybridized carbons (Fsp3) is 1.00. The summed E-state index contributed by atoms with van der Waals surface area (Å²) in [6, 6.07) is 0. The van der Waals surface area contributed by atoms with Crippen molar-refractivity contribution < 1.29 is 15.3 Å². The number of hydrogen-bond donors (Lipinski definition) is 4. The molecule has 5 N–H and O–H groups in total. The molecule has 0 aliphatic heterocycles. The lowest BCUT2D eigenvalue weighted by Gasteiger charge is -2.14. The molecule has 0 aliphatic rings. The van der Waals surface area contributed by atoms with E-state index in [1.165, 1.54) is 6.92 Å². The Hall–Kier alpha value is -0.160. The zero-order valence-electron chi connectivity index (χ0n) is 5.36. The second-order valence-electron chi connectivity index (χ2n) is 2.11. The third kappa shape index (κ3) is 4.35. The van der Waals surface area contributed by atoms with Crippen molar-refractivity contribution in [1.29, 1.82) is 0 Å². The van der Waals surface area contributed by atoms with Gasteiger partial charge in [-0.2, -0.15) is 0 Å². The zero-order valence-corrected chi connectivity index (χ0v) is 5.36. The molecule has 0 bridgehead atoms. The van der Waals surface area contributed by atoms with Gasteiger partial charge >= 0.3 is 0 Å². The molecule has 0 saturated heterocycles. The molecule has 0 radical (unpaired) electrons. The van der Waals surface area contributed by atoms with Crippen molar-refractivity contribution in [2.24, 2.45) is 5.73 Å². The molecule has 0 spiro atoms. The maximum atomic E-state index is 8.81. The van der Waals surface area contributed by atoms with Crippen LogP contribution in [0.4, 0.5) is 0 Å². The summed E-state index contributed by atoms with van der Waals surface area (Å²) in [4.78, 5) is 0. The Labute approximate surface area is 53.9 Å². The maximum Gasteiger partial charge on any atom is 0.105 e. The van der Waals surface area contributed by atoms with Crippen molar-refractivity contribution in [1.82, 2.24) is 0 Å². The minimum Gasteiger partial charge on any atom is -0.391 e. The highest BCUT2D eigenvalue weighted by atomic mass is 16.3. The van der Waals surface area contributed by atoms with Gasteiger partial charge in [-0.1, -0.05) is 0 Å². The predicted octanol–water partition coefficient (Wildman–Crippen LogP) is -1.60. The molecule has 0 fully saturated rings. The van der Waals surface area contributed by atoms with Gasteiger partial charge in [-0.25, -0.2) is 0 Å².